The summed E-state index contributed by atoms with van der Waals surface area (Å²) in [5, 5.41) is 3.50. The van der Waals surface area contributed by atoms with Crippen LogP contribution < -0.4 is 4.90 Å². The van der Waals surface area contributed by atoms with E-state index in [-0.39, 0.29) is 17.8 Å². The van der Waals surface area contributed by atoms with Crippen LogP contribution in [0.4, 0.5) is 10.1 Å². The number of hydrogen-bond acceptors (Lipinski definition) is 4. The number of nitrogens with zero attached hydrogens (tertiary/aromatic N) is 2. The third-order valence-corrected chi connectivity index (χ3v) is 2.75. The minimum atomic E-state index is -0.758. The Morgan fingerprint density at radius 3 is 2.83 bits per heavy atom. The Morgan fingerprint density at radius 2 is 2.11 bits per heavy atom. The summed E-state index contributed by atoms with van der Waals surface area (Å²) in [6.07, 6.45) is 1.42. The molecule has 0 aliphatic carbocycles. The van der Waals surface area contributed by atoms with E-state index in [2.05, 4.69) is 5.16 Å². The minimum Gasteiger partial charge on any atom is -0.359 e. The van der Waals surface area contributed by atoms with Crippen LogP contribution in [0.2, 0.25) is 0 Å². The Bertz CT molecular complexity index is 637. The predicted molar refractivity (Wildman–Crippen MR) is 58.4 cm³/mol. The first-order chi connectivity index (χ1) is 8.68. The first-order valence-corrected chi connectivity index (χ1v) is 5.23. The van der Waals surface area contributed by atoms with Crippen LogP contribution in [0.1, 0.15) is 16.1 Å². The van der Waals surface area contributed by atoms with Crippen molar-refractivity contribution < 1.29 is 18.5 Å². The fraction of sp³-hybridized carbons (Fsp3) is 0.0833. The third kappa shape index (κ3) is 1.42. The van der Waals surface area contributed by atoms with Gasteiger partial charge in [0.1, 0.15) is 5.82 Å². The molecular weight excluding hydrogens is 239 g/mol. The van der Waals surface area contributed by atoms with Crippen LogP contribution in [0.25, 0.3) is 0 Å². The Kier molecular flexibility index (Phi) is 2.22. The normalized spacial score (nSPS) is 14.2. The number of ketones is 1. The molecule has 0 N–H and O–H groups in total. The molecule has 2 aromatic rings. The molecule has 1 aliphatic rings. The van der Waals surface area contributed by atoms with Crippen molar-refractivity contribution in [2.75, 3.05) is 4.90 Å². The average molecular weight is 246 g/mol. The summed E-state index contributed by atoms with van der Waals surface area (Å²) in [5.41, 5.74) is 0.0865. The molecule has 3 rings (SSSR count). The first kappa shape index (κ1) is 10.6. The number of amides is 1. The first-order valence-electron chi connectivity index (χ1n) is 5.23. The van der Waals surface area contributed by atoms with Crippen molar-refractivity contribution >= 4 is 17.4 Å². The molecule has 6 heteroatoms. The van der Waals surface area contributed by atoms with Crippen LogP contribution >= 0.6 is 0 Å². The SMILES string of the molecule is O=C1C(=O)N(Cc2ccno2)c2c(F)cccc21. The van der Waals surface area contributed by atoms with Gasteiger partial charge in [-0.3, -0.25) is 14.5 Å². The molecule has 0 saturated heterocycles. The lowest BCUT2D eigenvalue weighted by molar-refractivity contribution is -0.114. The van der Waals surface area contributed by atoms with Crippen LogP contribution in [0.3, 0.4) is 0 Å². The number of hydrogen-bond donors (Lipinski definition) is 0. The molecule has 18 heavy (non-hydrogen) atoms. The van der Waals surface area contributed by atoms with Crippen LogP contribution in [0.5, 0.6) is 0 Å². The molecule has 1 aromatic carbocycles. The number of fused-ring (bicyclic) bond motifs is 1. The lowest BCUT2D eigenvalue weighted by atomic mass is 10.1. The van der Waals surface area contributed by atoms with E-state index in [4.69, 9.17) is 4.52 Å². The molecule has 2 heterocycles. The van der Waals surface area contributed by atoms with Gasteiger partial charge >= 0.3 is 0 Å². The van der Waals surface area contributed by atoms with Gasteiger partial charge in [-0.05, 0) is 12.1 Å². The van der Waals surface area contributed by atoms with Gasteiger partial charge in [0.15, 0.2) is 5.76 Å². The zero-order chi connectivity index (χ0) is 12.7. The van der Waals surface area contributed by atoms with Crippen molar-refractivity contribution in [2.45, 2.75) is 6.54 Å². The van der Waals surface area contributed by atoms with Crippen molar-refractivity contribution in [1.29, 1.82) is 0 Å². The second-order valence-corrected chi connectivity index (χ2v) is 3.84. The van der Waals surface area contributed by atoms with Crippen molar-refractivity contribution in [1.82, 2.24) is 5.16 Å². The second-order valence-electron chi connectivity index (χ2n) is 3.84. The van der Waals surface area contributed by atoms with E-state index in [0.717, 1.165) is 4.90 Å². The maximum absolute atomic E-state index is 13.7. The molecule has 5 nitrogen and oxygen atoms in total. The summed E-state index contributed by atoms with van der Waals surface area (Å²) in [4.78, 5) is 24.5. The molecular formula is C12H7FN2O3. The molecule has 1 amide bonds. The summed E-state index contributed by atoms with van der Waals surface area (Å²) >= 11 is 0. The van der Waals surface area contributed by atoms with Crippen LogP contribution in [-0.4, -0.2) is 16.8 Å². The summed E-state index contributed by atoms with van der Waals surface area (Å²) in [5.74, 6) is -1.69. The summed E-state index contributed by atoms with van der Waals surface area (Å²) in [7, 11) is 0. The molecule has 1 aliphatic heterocycles. The van der Waals surface area contributed by atoms with E-state index < -0.39 is 17.5 Å². The zero-order valence-corrected chi connectivity index (χ0v) is 9.09. The van der Waals surface area contributed by atoms with E-state index in [9.17, 15) is 14.0 Å². The van der Waals surface area contributed by atoms with Crippen molar-refractivity contribution in [3.63, 3.8) is 0 Å². The predicted octanol–water partition coefficient (Wildman–Crippen LogP) is 1.54. The van der Waals surface area contributed by atoms with Gasteiger partial charge in [0.2, 0.25) is 0 Å². The zero-order valence-electron chi connectivity index (χ0n) is 9.09. The number of aromatic nitrogens is 1. The molecule has 90 valence electrons. The second kappa shape index (κ2) is 3.76. The molecule has 0 radical (unpaired) electrons. The average Bonchev–Trinajstić information content (AvgIpc) is 2.94. The summed E-state index contributed by atoms with van der Waals surface area (Å²) < 4.78 is 18.6. The highest BCUT2D eigenvalue weighted by molar-refractivity contribution is 6.52. The number of halogens is 1. The van der Waals surface area contributed by atoms with Crippen LogP contribution in [-0.2, 0) is 11.3 Å². The highest BCUT2D eigenvalue weighted by atomic mass is 19.1. The number of para-hydroxylation sites is 1. The monoisotopic (exact) mass is 246 g/mol. The topological polar surface area (TPSA) is 63.4 Å². The molecule has 0 bridgehead atoms. The van der Waals surface area contributed by atoms with Gasteiger partial charge in [-0.15, -0.1) is 0 Å². The standard InChI is InChI=1S/C12H7FN2O3/c13-9-3-1-2-8-10(9)15(12(17)11(8)16)6-7-4-5-14-18-7/h1-5H,6H2. The van der Waals surface area contributed by atoms with Gasteiger partial charge < -0.3 is 4.52 Å². The van der Waals surface area contributed by atoms with Gasteiger partial charge in [-0.25, -0.2) is 4.39 Å². The number of benzene rings is 1. The number of anilines is 1. The van der Waals surface area contributed by atoms with E-state index >= 15 is 0 Å². The molecule has 0 saturated carbocycles. The van der Waals surface area contributed by atoms with Gasteiger partial charge in [0.25, 0.3) is 11.7 Å². The van der Waals surface area contributed by atoms with E-state index in [1.807, 2.05) is 0 Å². The van der Waals surface area contributed by atoms with Gasteiger partial charge in [-0.1, -0.05) is 11.2 Å². The highest BCUT2D eigenvalue weighted by Gasteiger charge is 2.38. The fourth-order valence-corrected chi connectivity index (χ4v) is 1.94. The molecule has 0 unspecified atom stereocenters. The number of carbonyl (C=O) groups excluding carboxylic acids is 2. The maximum atomic E-state index is 13.7. The lowest BCUT2D eigenvalue weighted by Crippen LogP contribution is -2.29. The van der Waals surface area contributed by atoms with Crippen molar-refractivity contribution in [2.24, 2.45) is 0 Å². The highest BCUT2D eigenvalue weighted by Crippen LogP contribution is 2.32. The van der Waals surface area contributed by atoms with Gasteiger partial charge in [0.05, 0.1) is 24.0 Å². The fourth-order valence-electron chi connectivity index (χ4n) is 1.94. The van der Waals surface area contributed by atoms with Crippen molar-refractivity contribution in [3.05, 3.63) is 47.6 Å². The Morgan fingerprint density at radius 1 is 1.28 bits per heavy atom. The molecule has 1 aromatic heterocycles. The van der Waals surface area contributed by atoms with Gasteiger partial charge in [-0.2, -0.15) is 0 Å². The largest absolute Gasteiger partial charge is 0.359 e. The van der Waals surface area contributed by atoms with E-state index in [1.165, 1.54) is 24.4 Å². The van der Waals surface area contributed by atoms with Crippen molar-refractivity contribution in [3.8, 4) is 0 Å². The quantitative estimate of drug-likeness (QED) is 0.754. The molecule has 0 fully saturated rings. The Balaban J connectivity index is 2.07. The molecule has 0 spiro atoms. The third-order valence-electron chi connectivity index (χ3n) is 2.75. The van der Waals surface area contributed by atoms with Crippen LogP contribution in [0.15, 0.2) is 35.0 Å². The van der Waals surface area contributed by atoms with Gasteiger partial charge in [0, 0.05) is 6.07 Å². The Hall–Kier alpha value is -2.50. The Labute approximate surface area is 101 Å². The summed E-state index contributed by atoms with van der Waals surface area (Å²) in [6.45, 7) is -0.0154. The van der Waals surface area contributed by atoms with E-state index in [0.29, 0.717) is 5.76 Å². The van der Waals surface area contributed by atoms with E-state index in [1.54, 1.807) is 6.07 Å². The minimum absolute atomic E-state index is 0.00361. The lowest BCUT2D eigenvalue weighted by Gasteiger charge is -2.14. The van der Waals surface area contributed by atoms with Crippen LogP contribution in [0, 0.1) is 5.82 Å². The number of Topliss-reactive ketones (excluding diaryl/α,β-unsaturated/α-hetero) is 1. The molecule has 0 atom stereocenters. The maximum Gasteiger partial charge on any atom is 0.299 e. The number of rotatable bonds is 2. The summed E-state index contributed by atoms with van der Waals surface area (Å²) in [6, 6.07) is 5.59. The smallest absolute Gasteiger partial charge is 0.299 e. The number of carbonyl (C=O) groups is 2.